The van der Waals surface area contributed by atoms with Gasteiger partial charge in [0.15, 0.2) is 23.3 Å². The summed E-state index contributed by atoms with van der Waals surface area (Å²) >= 11 is 0. The Morgan fingerprint density at radius 3 is 0.755 bits per heavy atom. The molecule has 0 saturated carbocycles. The number of hydrogen-bond acceptors (Lipinski definition) is 18. The van der Waals surface area contributed by atoms with Gasteiger partial charge in [0.25, 0.3) is 23.6 Å². The number of para-hydroxylation sites is 4. The van der Waals surface area contributed by atoms with Crippen LogP contribution < -0.4 is 40.9 Å². The number of benzene rings is 4. The lowest BCUT2D eigenvalue weighted by molar-refractivity contribution is -0.144. The molecule has 0 aliphatic carbocycles. The standard InChI is InChI=1S/C78H86N16O8/c1-87(47-21-7-9-23-49-89(67(95)51-91-63-37-15-11-29-55(63)75(99)83-59-33-25-41-79-71(59)91)68(96)52-92-64-38-16-12-30-56(64)76(100)84-60-34-26-42-80-72(60)92)45-19-5-3-4-6-20-46-88(2)48-22-8-10-24-50-90(69(97)53-93-65-39-17-13-31-57(65)77(101)85-61-35-27-43-81-73(61)93)70(98)54-94-66-40-18-14-32-58(66)78(102)86-62-36-28-44-82-74(62)94/h11-18,25-44H,3-10,19-24,45-54H2,1-2H3,(H,83,99)(H,84,100)(H,85,101)(H,86,102). The first-order valence-electron chi connectivity index (χ1n) is 35.3. The van der Waals surface area contributed by atoms with Gasteiger partial charge in [0.1, 0.15) is 26.2 Å². The van der Waals surface area contributed by atoms with Crippen molar-refractivity contribution in [2.75, 3.05) is 120 Å². The third-order valence-corrected chi connectivity index (χ3v) is 19.0. The third kappa shape index (κ3) is 16.8. The van der Waals surface area contributed by atoms with Crippen LogP contribution >= 0.6 is 0 Å². The largest absolute Gasteiger partial charge is 0.319 e. The highest BCUT2D eigenvalue weighted by Gasteiger charge is 2.36. The van der Waals surface area contributed by atoms with Gasteiger partial charge in [-0.05, 0) is 176 Å². The van der Waals surface area contributed by atoms with Crippen LogP contribution in [0.3, 0.4) is 0 Å². The zero-order chi connectivity index (χ0) is 70.9. The van der Waals surface area contributed by atoms with Crippen molar-refractivity contribution in [1.29, 1.82) is 0 Å². The quantitative estimate of drug-likeness (QED) is 0.0294. The molecule has 0 radical (unpaired) electrons. The Balaban J connectivity index is 0.571. The summed E-state index contributed by atoms with van der Waals surface area (Å²) in [6.07, 6.45) is 19.8. The predicted molar refractivity (Wildman–Crippen MR) is 396 cm³/mol. The van der Waals surface area contributed by atoms with Gasteiger partial charge < -0.3 is 50.7 Å². The minimum atomic E-state index is -0.461. The van der Waals surface area contributed by atoms with E-state index in [0.717, 1.165) is 90.4 Å². The lowest BCUT2D eigenvalue weighted by atomic mass is 10.1. The van der Waals surface area contributed by atoms with Crippen LogP contribution in [0.1, 0.15) is 131 Å². The Morgan fingerprint density at radius 1 is 0.294 bits per heavy atom. The van der Waals surface area contributed by atoms with E-state index in [9.17, 15) is 38.4 Å². The van der Waals surface area contributed by atoms with Crippen LogP contribution in [0.2, 0.25) is 0 Å². The summed E-state index contributed by atoms with van der Waals surface area (Å²) in [7, 11) is 4.33. The SMILES string of the molecule is CN(CCCCCCCCN(C)CCCCCCN(C(=O)CN1c2ccccc2C(=O)Nc2cccnc21)C(=O)CN1c2ccccc2C(=O)Nc2cccnc21)CCCCCCN(C(=O)CN1c2ccccc2C(=O)Nc2cccnc21)C(=O)CN1c2ccccc2C(=O)Nc2cccnc21. The summed E-state index contributed by atoms with van der Waals surface area (Å²) in [6.45, 7) is 3.14. The molecular formula is C78H86N16O8. The van der Waals surface area contributed by atoms with E-state index in [2.05, 4.69) is 65.1 Å². The third-order valence-electron chi connectivity index (χ3n) is 19.0. The van der Waals surface area contributed by atoms with Gasteiger partial charge in [-0.2, -0.15) is 0 Å². The predicted octanol–water partition coefficient (Wildman–Crippen LogP) is 12.2. The monoisotopic (exact) mass is 1370 g/mol. The molecule has 526 valence electrons. The topological polar surface area (TPSA) is 262 Å². The second kappa shape index (κ2) is 33.7. The Morgan fingerprint density at radius 2 is 0.510 bits per heavy atom. The summed E-state index contributed by atoms with van der Waals surface area (Å²) < 4.78 is 0. The molecule has 0 atom stereocenters. The first-order valence-corrected chi connectivity index (χ1v) is 35.3. The fraction of sp³-hybridized carbons (Fsp3) is 0.333. The number of rotatable bonds is 31. The molecule has 24 heteroatoms. The Labute approximate surface area is 594 Å². The Kier molecular flexibility index (Phi) is 23.4. The second-order valence-corrected chi connectivity index (χ2v) is 26.2. The van der Waals surface area contributed by atoms with Crippen molar-refractivity contribution in [3.05, 3.63) is 193 Å². The highest BCUT2D eigenvalue weighted by atomic mass is 16.2. The number of imide groups is 2. The maximum atomic E-state index is 14.8. The minimum Gasteiger partial charge on any atom is -0.319 e. The molecule has 4 aromatic carbocycles. The van der Waals surface area contributed by atoms with Crippen LogP contribution in [0.4, 0.5) is 68.8 Å². The molecule has 8 amide bonds. The number of nitrogens with zero attached hydrogens (tertiary/aromatic N) is 12. The zero-order valence-corrected chi connectivity index (χ0v) is 57.8. The molecule has 24 nitrogen and oxygen atoms in total. The number of hydrogen-bond donors (Lipinski definition) is 4. The number of amides is 8. The molecular weight excluding hydrogens is 1290 g/mol. The van der Waals surface area contributed by atoms with Crippen molar-refractivity contribution in [1.82, 2.24) is 39.5 Å². The average molecular weight is 1380 g/mol. The van der Waals surface area contributed by atoms with Crippen LogP contribution in [0.5, 0.6) is 0 Å². The van der Waals surface area contributed by atoms with Crippen LogP contribution in [-0.2, 0) is 19.2 Å². The molecule has 4 N–H and O–H groups in total. The molecule has 8 heterocycles. The summed E-state index contributed by atoms with van der Waals surface area (Å²) in [5.41, 5.74) is 5.23. The average Bonchev–Trinajstić information content (AvgIpc) is 1.60. The number of fused-ring (bicyclic) bond motifs is 8. The van der Waals surface area contributed by atoms with Gasteiger partial charge in [-0.3, -0.25) is 48.2 Å². The van der Waals surface area contributed by atoms with E-state index >= 15 is 0 Å². The van der Waals surface area contributed by atoms with E-state index < -0.39 is 23.6 Å². The molecule has 0 saturated heterocycles. The van der Waals surface area contributed by atoms with Gasteiger partial charge in [-0.1, -0.05) is 99.9 Å². The lowest BCUT2D eigenvalue weighted by Gasteiger charge is -2.30. The summed E-state index contributed by atoms with van der Waals surface area (Å²) in [5, 5.41) is 11.7. The highest BCUT2D eigenvalue weighted by Crippen LogP contribution is 2.41. The van der Waals surface area contributed by atoms with Crippen LogP contribution in [-0.4, -0.2) is 166 Å². The van der Waals surface area contributed by atoms with Crippen molar-refractivity contribution < 1.29 is 38.4 Å². The molecule has 102 heavy (non-hydrogen) atoms. The molecule has 8 aromatic rings. The van der Waals surface area contributed by atoms with E-state index in [0.29, 0.717) is 104 Å². The fourth-order valence-electron chi connectivity index (χ4n) is 13.7. The van der Waals surface area contributed by atoms with Crippen molar-refractivity contribution >= 4 is 116 Å². The Bertz CT molecular complexity index is 3860. The summed E-state index contributed by atoms with van der Waals surface area (Å²) in [6, 6.07) is 41.9. The number of unbranched alkanes of at least 4 members (excludes halogenated alkanes) is 11. The maximum absolute atomic E-state index is 14.8. The number of aromatic nitrogens is 4. The van der Waals surface area contributed by atoms with Crippen LogP contribution in [0, 0.1) is 0 Å². The van der Waals surface area contributed by atoms with Gasteiger partial charge in [-0.15, -0.1) is 0 Å². The summed E-state index contributed by atoms with van der Waals surface area (Å²) in [4.78, 5) is 145. The van der Waals surface area contributed by atoms with E-state index in [1.165, 1.54) is 22.6 Å². The van der Waals surface area contributed by atoms with Gasteiger partial charge >= 0.3 is 0 Å². The van der Waals surface area contributed by atoms with E-state index in [-0.39, 0.29) is 62.9 Å². The first-order chi connectivity index (χ1) is 49.8. The number of carbonyl (C=O) groups is 8. The number of anilines is 12. The first kappa shape index (κ1) is 70.6. The van der Waals surface area contributed by atoms with E-state index in [1.54, 1.807) is 190 Å². The van der Waals surface area contributed by atoms with Crippen LogP contribution in [0.25, 0.3) is 0 Å². The summed E-state index contributed by atoms with van der Waals surface area (Å²) in [5.74, 6) is -1.63. The minimum absolute atomic E-state index is 0.166. The number of pyridine rings is 4. The molecule has 4 aliphatic rings. The molecule has 12 rings (SSSR count). The maximum Gasteiger partial charge on any atom is 0.257 e. The molecule has 4 aromatic heterocycles. The molecule has 4 aliphatic heterocycles. The van der Waals surface area contributed by atoms with Crippen molar-refractivity contribution in [3.8, 4) is 0 Å². The second-order valence-electron chi connectivity index (χ2n) is 26.2. The molecule has 0 fully saturated rings. The van der Waals surface area contributed by atoms with Gasteiger partial charge in [0.2, 0.25) is 23.6 Å². The fourth-order valence-corrected chi connectivity index (χ4v) is 13.7. The molecule has 0 unspecified atom stereocenters. The zero-order valence-electron chi connectivity index (χ0n) is 57.8. The van der Waals surface area contributed by atoms with E-state index in [1.807, 2.05) is 0 Å². The van der Waals surface area contributed by atoms with Gasteiger partial charge in [-0.25, -0.2) is 19.9 Å². The van der Waals surface area contributed by atoms with Crippen molar-refractivity contribution in [3.63, 3.8) is 0 Å². The van der Waals surface area contributed by atoms with E-state index in [4.69, 9.17) is 0 Å². The van der Waals surface area contributed by atoms with Crippen molar-refractivity contribution in [2.24, 2.45) is 0 Å². The number of nitrogens with one attached hydrogen (secondary N) is 4. The van der Waals surface area contributed by atoms with Gasteiger partial charge in [0, 0.05) is 37.9 Å². The van der Waals surface area contributed by atoms with Gasteiger partial charge in [0.05, 0.1) is 67.8 Å². The Hall–Kier alpha value is -11.2. The highest BCUT2D eigenvalue weighted by molar-refractivity contribution is 6.16. The molecule has 0 spiro atoms. The number of carbonyl (C=O) groups excluding carboxylic acids is 8. The normalized spacial score (nSPS) is 13.4. The lowest BCUT2D eigenvalue weighted by Crippen LogP contribution is -2.47. The van der Waals surface area contributed by atoms with Crippen molar-refractivity contribution in [2.45, 2.75) is 89.9 Å². The molecule has 0 bridgehead atoms. The van der Waals surface area contributed by atoms with Crippen LogP contribution in [0.15, 0.2) is 170 Å². The smallest absolute Gasteiger partial charge is 0.257 e.